The third-order valence-corrected chi connectivity index (χ3v) is 5.86. The summed E-state index contributed by atoms with van der Waals surface area (Å²) >= 11 is 6.40. The van der Waals surface area contributed by atoms with Crippen molar-refractivity contribution in [3.8, 4) is 0 Å². The molecule has 2 N–H and O–H groups in total. The number of amides is 1. The number of nitrogens with zero attached hydrogens (tertiary/aromatic N) is 1. The van der Waals surface area contributed by atoms with E-state index in [2.05, 4.69) is 17.1 Å². The lowest BCUT2D eigenvalue weighted by atomic mass is 9.77. The lowest BCUT2D eigenvalue weighted by Crippen LogP contribution is -2.36. The number of carbonyl (C=O) groups excluding carboxylic acids is 1. The summed E-state index contributed by atoms with van der Waals surface area (Å²) in [4.78, 5) is 14.9. The number of carbonyl (C=O) groups is 1. The molecule has 4 rings (SSSR count). The van der Waals surface area contributed by atoms with Crippen molar-refractivity contribution in [2.24, 2.45) is 0 Å². The summed E-state index contributed by atoms with van der Waals surface area (Å²) in [5.74, 6) is -0.312. The number of hydrogen-bond donors (Lipinski definition) is 2. The number of ether oxygens (including phenoxy) is 1. The normalized spacial score (nSPS) is 21.2. The fourth-order valence-corrected chi connectivity index (χ4v) is 4.04. The molecule has 1 atom stereocenters. The molecular formula is C21H23BClN2O4+. The minimum absolute atomic E-state index is 0.312. The minimum atomic E-state index is -1.06. The molecule has 0 aliphatic carbocycles. The molecule has 2 aromatic carbocycles. The Labute approximate surface area is 175 Å². The van der Waals surface area contributed by atoms with Gasteiger partial charge in [-0.15, -0.1) is 0 Å². The van der Waals surface area contributed by atoms with Gasteiger partial charge in [0.25, 0.3) is 5.91 Å². The largest absolute Gasteiger partial charge is 0.495 e. The van der Waals surface area contributed by atoms with Crippen molar-refractivity contribution < 1.29 is 19.2 Å². The Morgan fingerprint density at radius 1 is 1.31 bits per heavy atom. The number of benzene rings is 2. The van der Waals surface area contributed by atoms with Gasteiger partial charge in [0.05, 0.1) is 30.7 Å². The number of hydrogen-bond acceptors (Lipinski definition) is 5. The fraction of sp³-hybridized carbons (Fsp3) is 0.333. The Kier molecular flexibility index (Phi) is 5.49. The van der Waals surface area contributed by atoms with Crippen LogP contribution in [0.5, 0.6) is 0 Å². The molecule has 0 radical (unpaired) electrons. The average Bonchev–Trinajstić information content (AvgIpc) is 2.99. The molecule has 0 bridgehead atoms. The molecule has 2 aliphatic heterocycles. The molecule has 0 aromatic heterocycles. The van der Waals surface area contributed by atoms with Crippen molar-refractivity contribution in [3.63, 3.8) is 0 Å². The Bertz CT molecular complexity index is 935. The Hall–Kier alpha value is -2.19. The van der Waals surface area contributed by atoms with E-state index in [0.717, 1.165) is 24.3 Å². The van der Waals surface area contributed by atoms with Crippen LogP contribution in [0.2, 0.25) is 5.02 Å². The lowest BCUT2D eigenvalue weighted by Gasteiger charge is -2.29. The zero-order valence-electron chi connectivity index (χ0n) is 16.3. The monoisotopic (exact) mass is 413 g/mol. The van der Waals surface area contributed by atoms with Crippen LogP contribution in [0.15, 0.2) is 36.4 Å². The van der Waals surface area contributed by atoms with Gasteiger partial charge in [-0.2, -0.15) is 0 Å². The van der Waals surface area contributed by atoms with Gasteiger partial charge in [0.2, 0.25) is 5.60 Å². The number of nitrogens with one attached hydrogen (secondary N) is 1. The molecule has 2 aliphatic rings. The van der Waals surface area contributed by atoms with Gasteiger partial charge in [0.15, 0.2) is 0 Å². The van der Waals surface area contributed by atoms with Crippen molar-refractivity contribution >= 4 is 41.5 Å². The zero-order valence-corrected chi connectivity index (χ0v) is 17.0. The highest BCUT2D eigenvalue weighted by molar-refractivity contribution is 6.62. The Morgan fingerprint density at radius 2 is 2.07 bits per heavy atom. The van der Waals surface area contributed by atoms with Crippen molar-refractivity contribution in [1.82, 2.24) is 0 Å². The molecule has 2 aromatic rings. The summed E-state index contributed by atoms with van der Waals surface area (Å²) < 4.78 is 11.0. The highest BCUT2D eigenvalue weighted by atomic mass is 35.5. The van der Waals surface area contributed by atoms with Crippen molar-refractivity contribution in [1.29, 1.82) is 0 Å². The van der Waals surface area contributed by atoms with Crippen molar-refractivity contribution in [2.75, 3.05) is 36.5 Å². The van der Waals surface area contributed by atoms with Gasteiger partial charge >= 0.3 is 7.12 Å². The van der Waals surface area contributed by atoms with E-state index in [4.69, 9.17) is 21.0 Å². The first-order valence-corrected chi connectivity index (χ1v) is 10.1. The summed E-state index contributed by atoms with van der Waals surface area (Å²) in [7, 11) is -1.06. The van der Waals surface area contributed by atoms with E-state index >= 15 is 0 Å². The van der Waals surface area contributed by atoms with Crippen LogP contribution in [0.4, 0.5) is 11.4 Å². The molecule has 1 saturated heterocycles. The minimum Gasteiger partial charge on any atom is -0.423 e. The van der Waals surface area contributed by atoms with Crippen molar-refractivity contribution in [2.45, 2.75) is 18.9 Å². The lowest BCUT2D eigenvalue weighted by molar-refractivity contribution is 0.102. The predicted octanol–water partition coefficient (Wildman–Crippen LogP) is 2.59. The summed E-state index contributed by atoms with van der Waals surface area (Å²) in [5.41, 5.74) is 2.60. The van der Waals surface area contributed by atoms with Gasteiger partial charge in [-0.05, 0) is 41.9 Å². The molecular weight excluding hydrogens is 391 g/mol. The van der Waals surface area contributed by atoms with Crippen molar-refractivity contribution in [3.05, 3.63) is 59.5 Å². The van der Waals surface area contributed by atoms with E-state index in [9.17, 15) is 9.82 Å². The second-order valence-corrected chi connectivity index (χ2v) is 7.74. The first kappa shape index (κ1) is 20.1. The van der Waals surface area contributed by atoms with E-state index < -0.39 is 12.7 Å². The van der Waals surface area contributed by atoms with Crippen LogP contribution < -0.4 is 15.7 Å². The molecule has 8 heteroatoms. The molecule has 1 unspecified atom stereocenters. The second kappa shape index (κ2) is 7.92. The van der Waals surface area contributed by atoms with Crippen LogP contribution >= 0.6 is 11.6 Å². The Morgan fingerprint density at radius 3 is 2.76 bits per heavy atom. The molecule has 29 heavy (non-hydrogen) atoms. The molecule has 2 heterocycles. The molecule has 6 nitrogen and oxygen atoms in total. The number of morpholine rings is 1. The SMILES string of the molecule is [CH2+]C1(CC)OB(O)c2cc(NC(=O)c3ccc(N4CCOCC4)cc3Cl)ccc21. The van der Waals surface area contributed by atoms with Gasteiger partial charge in [-0.25, -0.2) is 0 Å². The standard InChI is InChI=1S/C21H22BClN2O4/c1-3-21(2)17-7-4-14(12-18(17)22(27)29-21)24-20(26)16-6-5-15(13-19(16)23)25-8-10-28-11-9-25/h4-7,12-13,27H,2-3,8-11H2,1H3/p+1. The van der Waals surface area contributed by atoms with Crippen LogP contribution in [-0.2, 0) is 15.0 Å². The van der Waals surface area contributed by atoms with E-state index in [1.807, 2.05) is 19.1 Å². The molecule has 0 spiro atoms. The molecule has 150 valence electrons. The van der Waals surface area contributed by atoms with Crippen LogP contribution in [0.25, 0.3) is 0 Å². The summed E-state index contributed by atoms with van der Waals surface area (Å²) in [6, 6.07) is 10.8. The number of anilines is 2. The van der Waals surface area contributed by atoms with Gasteiger partial charge in [-0.1, -0.05) is 18.5 Å². The first-order valence-electron chi connectivity index (χ1n) is 9.70. The van der Waals surface area contributed by atoms with Gasteiger partial charge in [-0.3, -0.25) is 4.79 Å². The highest BCUT2D eigenvalue weighted by Gasteiger charge is 2.48. The maximum atomic E-state index is 12.8. The summed E-state index contributed by atoms with van der Waals surface area (Å²) in [6.45, 7) is 8.99. The highest BCUT2D eigenvalue weighted by Crippen LogP contribution is 2.34. The number of fused-ring (bicyclic) bond motifs is 1. The van der Waals surface area contributed by atoms with Crippen LogP contribution in [0.3, 0.4) is 0 Å². The van der Waals surface area contributed by atoms with E-state index in [-0.39, 0.29) is 5.91 Å². The molecule has 1 amide bonds. The molecule has 1 fully saturated rings. The second-order valence-electron chi connectivity index (χ2n) is 7.34. The maximum absolute atomic E-state index is 12.8. The topological polar surface area (TPSA) is 71.0 Å². The van der Waals surface area contributed by atoms with Gasteiger partial charge in [0.1, 0.15) is 0 Å². The summed E-state index contributed by atoms with van der Waals surface area (Å²) in [5, 5.41) is 13.4. The van der Waals surface area contributed by atoms with Gasteiger partial charge < -0.3 is 24.6 Å². The van der Waals surface area contributed by atoms with Crippen LogP contribution in [0, 0.1) is 6.92 Å². The maximum Gasteiger partial charge on any atom is 0.495 e. The van der Waals surface area contributed by atoms with Crippen LogP contribution in [-0.4, -0.2) is 44.4 Å². The third-order valence-electron chi connectivity index (χ3n) is 5.55. The predicted molar refractivity (Wildman–Crippen MR) is 115 cm³/mol. The third kappa shape index (κ3) is 3.83. The molecule has 0 saturated carbocycles. The number of halogens is 1. The van der Waals surface area contributed by atoms with E-state index in [1.165, 1.54) is 0 Å². The average molecular weight is 414 g/mol. The smallest absolute Gasteiger partial charge is 0.423 e. The fourth-order valence-electron chi connectivity index (χ4n) is 3.78. The number of rotatable bonds is 4. The summed E-state index contributed by atoms with van der Waals surface area (Å²) in [6.07, 6.45) is 0.633. The Balaban J connectivity index is 1.52. The quantitative estimate of drug-likeness (QED) is 0.595. The van der Waals surface area contributed by atoms with E-state index in [1.54, 1.807) is 24.3 Å². The van der Waals surface area contributed by atoms with Crippen LogP contribution in [0.1, 0.15) is 29.3 Å². The van der Waals surface area contributed by atoms with Gasteiger partial charge in [0, 0.05) is 36.4 Å². The first-order chi connectivity index (χ1) is 13.9. The zero-order chi connectivity index (χ0) is 20.6. The van der Waals surface area contributed by atoms with E-state index in [0.29, 0.717) is 41.4 Å².